The largest absolute Gasteiger partial charge is 0.496 e. The van der Waals surface area contributed by atoms with Crippen molar-refractivity contribution in [3.63, 3.8) is 0 Å². The summed E-state index contributed by atoms with van der Waals surface area (Å²) in [7, 11) is 1.61. The first-order valence-corrected chi connectivity index (χ1v) is 11.8. The second kappa shape index (κ2) is 11.7. The van der Waals surface area contributed by atoms with Gasteiger partial charge in [0.25, 0.3) is 5.56 Å². The molecule has 186 valence electrons. The van der Waals surface area contributed by atoms with Crippen molar-refractivity contribution in [1.82, 2.24) is 9.97 Å². The average molecular weight is 494 g/mol. The van der Waals surface area contributed by atoms with Crippen LogP contribution in [0, 0.1) is 11.3 Å². The van der Waals surface area contributed by atoms with Crippen LogP contribution in [0.25, 0.3) is 11.3 Å². The average Bonchev–Trinajstić information content (AvgIpc) is 2.92. The molecule has 8 heteroatoms. The Hall–Kier alpha value is -4.90. The SMILES string of the molecule is COc1ccc(C=NNc2nc(-c3ccccc3)c(C#N)c(=O)[nH]2)cc1COc1ccc(C(C)C)cc1. The van der Waals surface area contributed by atoms with Crippen molar-refractivity contribution >= 4 is 12.2 Å². The molecule has 0 saturated carbocycles. The molecular weight excluding hydrogens is 466 g/mol. The lowest BCUT2D eigenvalue weighted by Gasteiger charge is -2.12. The van der Waals surface area contributed by atoms with Crippen LogP contribution in [-0.2, 0) is 6.61 Å². The molecule has 1 heterocycles. The van der Waals surface area contributed by atoms with Crippen molar-refractivity contribution in [3.8, 4) is 28.8 Å². The van der Waals surface area contributed by atoms with E-state index in [1.54, 1.807) is 25.5 Å². The maximum absolute atomic E-state index is 12.4. The molecule has 0 radical (unpaired) electrons. The smallest absolute Gasteiger partial charge is 0.270 e. The normalized spacial score (nSPS) is 10.9. The molecule has 1 aromatic heterocycles. The van der Waals surface area contributed by atoms with Crippen molar-refractivity contribution in [2.75, 3.05) is 12.5 Å². The van der Waals surface area contributed by atoms with Gasteiger partial charge in [0.05, 0.1) is 19.0 Å². The molecule has 8 nitrogen and oxygen atoms in total. The molecule has 37 heavy (non-hydrogen) atoms. The second-order valence-electron chi connectivity index (χ2n) is 8.57. The lowest BCUT2D eigenvalue weighted by Crippen LogP contribution is -2.16. The lowest BCUT2D eigenvalue weighted by atomic mass is 10.0. The minimum Gasteiger partial charge on any atom is -0.496 e. The third kappa shape index (κ3) is 6.21. The van der Waals surface area contributed by atoms with Crippen LogP contribution in [-0.4, -0.2) is 23.3 Å². The van der Waals surface area contributed by atoms with Gasteiger partial charge in [-0.1, -0.05) is 56.3 Å². The van der Waals surface area contributed by atoms with Crippen molar-refractivity contribution < 1.29 is 9.47 Å². The maximum atomic E-state index is 12.4. The number of rotatable bonds is 9. The molecule has 0 bridgehead atoms. The molecule has 0 aliphatic heterocycles. The van der Waals surface area contributed by atoms with E-state index < -0.39 is 5.56 Å². The number of aromatic amines is 1. The number of ether oxygens (including phenoxy) is 2. The number of nitrogens with zero attached hydrogens (tertiary/aromatic N) is 3. The Kier molecular flexibility index (Phi) is 7.96. The Morgan fingerprint density at radius 1 is 1.11 bits per heavy atom. The van der Waals surface area contributed by atoms with E-state index in [2.05, 4.69) is 46.5 Å². The number of methoxy groups -OCH3 is 1. The van der Waals surface area contributed by atoms with E-state index in [4.69, 9.17) is 9.47 Å². The lowest BCUT2D eigenvalue weighted by molar-refractivity contribution is 0.296. The van der Waals surface area contributed by atoms with Gasteiger partial charge in [-0.25, -0.2) is 10.4 Å². The molecule has 2 N–H and O–H groups in total. The van der Waals surface area contributed by atoms with Gasteiger partial charge >= 0.3 is 0 Å². The van der Waals surface area contributed by atoms with Crippen molar-refractivity contribution in [3.05, 3.63) is 105 Å². The molecule has 4 rings (SSSR count). The first-order valence-electron chi connectivity index (χ1n) is 11.8. The summed E-state index contributed by atoms with van der Waals surface area (Å²) in [5.41, 5.74) is 6.00. The third-order valence-corrected chi connectivity index (χ3v) is 5.71. The zero-order valence-electron chi connectivity index (χ0n) is 20.9. The number of hydrazone groups is 1. The number of anilines is 1. The van der Waals surface area contributed by atoms with Crippen LogP contribution in [0.3, 0.4) is 0 Å². The van der Waals surface area contributed by atoms with Crippen molar-refractivity contribution in [1.29, 1.82) is 5.26 Å². The van der Waals surface area contributed by atoms with Gasteiger partial charge in [-0.2, -0.15) is 10.4 Å². The fraction of sp³-hybridized carbons (Fsp3) is 0.172. The van der Waals surface area contributed by atoms with Crippen molar-refractivity contribution in [2.45, 2.75) is 26.4 Å². The first kappa shape index (κ1) is 25.2. The van der Waals surface area contributed by atoms with Crippen LogP contribution in [0.2, 0.25) is 0 Å². The molecule has 0 aliphatic carbocycles. The molecule has 0 atom stereocenters. The number of hydrogen-bond donors (Lipinski definition) is 2. The molecule has 3 aromatic carbocycles. The van der Waals surface area contributed by atoms with E-state index >= 15 is 0 Å². The fourth-order valence-electron chi connectivity index (χ4n) is 3.70. The van der Waals surface area contributed by atoms with E-state index in [0.29, 0.717) is 23.8 Å². The van der Waals surface area contributed by atoms with Gasteiger partial charge in [0.2, 0.25) is 5.95 Å². The third-order valence-electron chi connectivity index (χ3n) is 5.71. The Balaban J connectivity index is 1.49. The van der Waals surface area contributed by atoms with E-state index in [1.165, 1.54) is 5.56 Å². The monoisotopic (exact) mass is 493 g/mol. The second-order valence-corrected chi connectivity index (χ2v) is 8.57. The molecule has 0 unspecified atom stereocenters. The molecular formula is C29H27N5O3. The Morgan fingerprint density at radius 3 is 2.54 bits per heavy atom. The number of nitriles is 1. The van der Waals surface area contributed by atoms with Crippen LogP contribution in [0.4, 0.5) is 5.95 Å². The number of nitrogens with one attached hydrogen (secondary N) is 2. The minimum atomic E-state index is -0.542. The topological polar surface area (TPSA) is 112 Å². The van der Waals surface area contributed by atoms with Gasteiger partial charge in [0.15, 0.2) is 0 Å². The summed E-state index contributed by atoms with van der Waals surface area (Å²) in [5, 5.41) is 13.6. The molecule has 0 aliphatic rings. The van der Waals surface area contributed by atoms with E-state index in [0.717, 1.165) is 16.9 Å². The van der Waals surface area contributed by atoms with E-state index in [9.17, 15) is 10.1 Å². The number of H-pyrrole nitrogens is 1. The summed E-state index contributed by atoms with van der Waals surface area (Å²) in [6.45, 7) is 4.63. The Labute approximate surface area is 215 Å². The van der Waals surface area contributed by atoms with Gasteiger partial charge in [-0.15, -0.1) is 0 Å². The predicted molar refractivity (Wildman–Crippen MR) is 144 cm³/mol. The summed E-state index contributed by atoms with van der Waals surface area (Å²) >= 11 is 0. The summed E-state index contributed by atoms with van der Waals surface area (Å²) < 4.78 is 11.5. The van der Waals surface area contributed by atoms with Crippen LogP contribution in [0.5, 0.6) is 11.5 Å². The molecule has 0 saturated heterocycles. The predicted octanol–water partition coefficient (Wildman–Crippen LogP) is 5.47. The Bertz CT molecular complexity index is 1490. The van der Waals surface area contributed by atoms with Gasteiger partial charge in [-0.05, 0) is 47.4 Å². The zero-order valence-corrected chi connectivity index (χ0v) is 20.9. The van der Waals surface area contributed by atoms with Gasteiger partial charge in [-0.3, -0.25) is 9.78 Å². The summed E-state index contributed by atoms with van der Waals surface area (Å²) in [6, 6.07) is 24.7. The van der Waals surface area contributed by atoms with Crippen molar-refractivity contribution in [2.24, 2.45) is 5.10 Å². The highest BCUT2D eigenvalue weighted by Gasteiger charge is 2.13. The van der Waals surface area contributed by atoms with Gasteiger partial charge in [0.1, 0.15) is 29.7 Å². The van der Waals surface area contributed by atoms with Crippen LogP contribution in [0.1, 0.15) is 42.0 Å². The minimum absolute atomic E-state index is 0.0561. The number of hydrogen-bond acceptors (Lipinski definition) is 7. The van der Waals surface area contributed by atoms with E-state index in [-0.39, 0.29) is 17.2 Å². The molecule has 4 aromatic rings. The van der Waals surface area contributed by atoms with Gasteiger partial charge in [0, 0.05) is 11.1 Å². The van der Waals surface area contributed by atoms with Crippen LogP contribution in [0.15, 0.2) is 82.7 Å². The summed E-state index contributed by atoms with van der Waals surface area (Å²) in [4.78, 5) is 19.4. The highest BCUT2D eigenvalue weighted by atomic mass is 16.5. The summed E-state index contributed by atoms with van der Waals surface area (Å²) in [6.07, 6.45) is 1.60. The van der Waals surface area contributed by atoms with Crippen LogP contribution >= 0.6 is 0 Å². The molecule has 0 amide bonds. The highest BCUT2D eigenvalue weighted by Crippen LogP contribution is 2.24. The first-order chi connectivity index (χ1) is 18.0. The molecule has 0 fully saturated rings. The zero-order chi connectivity index (χ0) is 26.2. The van der Waals surface area contributed by atoms with Crippen LogP contribution < -0.4 is 20.5 Å². The molecule has 0 spiro atoms. The standard InChI is InChI=1S/C29H27N5O3/c1-19(2)21-10-12-24(13-11-21)37-18-23-15-20(9-14-26(23)36-3)17-31-34-29-32-27(22-7-5-4-6-8-22)25(16-30)28(35)33-29/h4-15,17,19H,18H2,1-3H3,(H2,32,33,34,35). The maximum Gasteiger partial charge on any atom is 0.270 e. The van der Waals surface area contributed by atoms with Gasteiger partial charge < -0.3 is 9.47 Å². The summed E-state index contributed by atoms with van der Waals surface area (Å²) in [5.74, 6) is 2.06. The number of benzene rings is 3. The quantitative estimate of drug-likeness (QED) is 0.236. The number of aromatic nitrogens is 2. The van der Waals surface area contributed by atoms with E-state index in [1.807, 2.05) is 54.6 Å². The Morgan fingerprint density at radius 2 is 1.86 bits per heavy atom. The highest BCUT2D eigenvalue weighted by molar-refractivity contribution is 5.81. The fourth-order valence-corrected chi connectivity index (χ4v) is 3.70.